The quantitative estimate of drug-likeness (QED) is 0.862. The van der Waals surface area contributed by atoms with Crippen LogP contribution in [0.5, 0.6) is 0 Å². The van der Waals surface area contributed by atoms with Crippen LogP contribution in [0.1, 0.15) is 63.8 Å². The van der Waals surface area contributed by atoms with Crippen LogP contribution in [-0.4, -0.2) is 39.2 Å². The molecule has 2 saturated heterocycles. The Morgan fingerprint density at radius 2 is 2.00 bits per heavy atom. The Morgan fingerprint density at radius 3 is 2.62 bits per heavy atom. The lowest BCUT2D eigenvalue weighted by Gasteiger charge is -2.36. The molecule has 0 bridgehead atoms. The molecule has 2 aliphatic heterocycles. The molecule has 3 unspecified atom stereocenters. The van der Waals surface area contributed by atoms with Crippen LogP contribution < -0.4 is 0 Å². The minimum Gasteiger partial charge on any atom is -0.394 e. The Bertz CT molecular complexity index is 704. The summed E-state index contributed by atoms with van der Waals surface area (Å²) in [4.78, 5) is 12.5. The smallest absolute Gasteiger partial charge is 0.239 e. The van der Waals surface area contributed by atoms with E-state index in [1.807, 2.05) is 5.01 Å². The lowest BCUT2D eigenvalue weighted by atomic mass is 9.85. The normalized spacial score (nSPS) is 31.3. The first-order valence-electron chi connectivity index (χ1n) is 9.00. The molecule has 2 fully saturated rings. The van der Waals surface area contributed by atoms with E-state index in [1.165, 1.54) is 16.7 Å². The van der Waals surface area contributed by atoms with Gasteiger partial charge < -0.3 is 5.11 Å². The Labute approximate surface area is 144 Å². The van der Waals surface area contributed by atoms with Gasteiger partial charge in [-0.2, -0.15) is 0 Å². The van der Waals surface area contributed by atoms with Gasteiger partial charge in [-0.25, -0.2) is 5.01 Å². The molecule has 1 aliphatic carbocycles. The number of amides is 1. The summed E-state index contributed by atoms with van der Waals surface area (Å²) < 4.78 is 0. The minimum atomic E-state index is -0.186. The molecule has 24 heavy (non-hydrogen) atoms. The number of benzene rings is 1. The summed E-state index contributed by atoms with van der Waals surface area (Å²) >= 11 is 0. The third kappa shape index (κ3) is 2.02. The first kappa shape index (κ1) is 16.1. The maximum atomic E-state index is 12.5. The molecule has 130 valence electrons. The van der Waals surface area contributed by atoms with Gasteiger partial charge in [0, 0.05) is 17.9 Å². The molecule has 4 heteroatoms. The molecular weight excluding hydrogens is 300 g/mol. The van der Waals surface area contributed by atoms with Crippen LogP contribution in [0.3, 0.4) is 0 Å². The highest BCUT2D eigenvalue weighted by Crippen LogP contribution is 2.55. The van der Waals surface area contributed by atoms with E-state index in [9.17, 15) is 9.90 Å². The van der Waals surface area contributed by atoms with E-state index in [-0.39, 0.29) is 35.6 Å². The molecule has 0 saturated carbocycles. The van der Waals surface area contributed by atoms with Crippen molar-refractivity contribution in [2.24, 2.45) is 5.92 Å². The van der Waals surface area contributed by atoms with Crippen LogP contribution in [-0.2, 0) is 16.6 Å². The number of hydrazine groups is 1. The molecule has 0 aromatic heterocycles. The third-order valence-electron chi connectivity index (χ3n) is 6.14. The van der Waals surface area contributed by atoms with E-state index in [2.05, 4.69) is 57.8 Å². The van der Waals surface area contributed by atoms with Gasteiger partial charge in [0.15, 0.2) is 0 Å². The van der Waals surface area contributed by atoms with Crippen molar-refractivity contribution in [2.75, 3.05) is 6.61 Å². The van der Waals surface area contributed by atoms with Crippen LogP contribution in [0.2, 0.25) is 0 Å². The molecule has 1 N–H and O–H groups in total. The zero-order valence-electron chi connectivity index (χ0n) is 15.3. The maximum Gasteiger partial charge on any atom is 0.239 e. The first-order chi connectivity index (χ1) is 11.1. The Hall–Kier alpha value is -1.39. The maximum absolute atomic E-state index is 12.5. The van der Waals surface area contributed by atoms with E-state index < -0.39 is 0 Å². The van der Waals surface area contributed by atoms with Crippen molar-refractivity contribution in [3.63, 3.8) is 0 Å². The van der Waals surface area contributed by atoms with Crippen LogP contribution >= 0.6 is 0 Å². The van der Waals surface area contributed by atoms with E-state index in [0.29, 0.717) is 12.3 Å². The fourth-order valence-electron chi connectivity index (χ4n) is 4.99. The average Bonchev–Trinajstić information content (AvgIpc) is 3.04. The summed E-state index contributed by atoms with van der Waals surface area (Å²) in [5, 5.41) is 14.1. The van der Waals surface area contributed by atoms with Crippen molar-refractivity contribution >= 4 is 5.91 Å². The second kappa shape index (κ2) is 4.83. The Morgan fingerprint density at radius 1 is 1.29 bits per heavy atom. The lowest BCUT2D eigenvalue weighted by Crippen LogP contribution is -2.46. The highest BCUT2D eigenvalue weighted by atomic mass is 16.3. The van der Waals surface area contributed by atoms with Gasteiger partial charge in [-0.05, 0) is 42.4 Å². The van der Waals surface area contributed by atoms with Gasteiger partial charge in [-0.1, -0.05) is 39.0 Å². The highest BCUT2D eigenvalue weighted by Gasteiger charge is 2.61. The SMILES string of the molecule is CC(C)(C)c1ccc2c(c1)CC1C(CO)N3C(=O)CC(C)(C)N3C21. The van der Waals surface area contributed by atoms with Gasteiger partial charge in [0.1, 0.15) is 0 Å². The predicted octanol–water partition coefficient (Wildman–Crippen LogP) is 2.80. The van der Waals surface area contributed by atoms with E-state index in [1.54, 1.807) is 0 Å². The largest absolute Gasteiger partial charge is 0.394 e. The molecule has 3 atom stereocenters. The number of rotatable bonds is 1. The van der Waals surface area contributed by atoms with Crippen molar-refractivity contribution in [3.8, 4) is 0 Å². The number of carbonyl (C=O) groups excluding carboxylic acids is 1. The zero-order valence-corrected chi connectivity index (χ0v) is 15.3. The van der Waals surface area contributed by atoms with Crippen LogP contribution in [0.4, 0.5) is 0 Å². The third-order valence-corrected chi connectivity index (χ3v) is 6.14. The van der Waals surface area contributed by atoms with Crippen molar-refractivity contribution in [3.05, 3.63) is 34.9 Å². The van der Waals surface area contributed by atoms with Crippen LogP contribution in [0.25, 0.3) is 0 Å². The number of nitrogens with zero attached hydrogens (tertiary/aromatic N) is 2. The molecule has 4 nitrogen and oxygen atoms in total. The molecule has 3 aliphatic rings. The number of aliphatic hydroxyl groups is 1. The Kier molecular flexibility index (Phi) is 3.24. The summed E-state index contributed by atoms with van der Waals surface area (Å²) in [6, 6.07) is 6.97. The summed E-state index contributed by atoms with van der Waals surface area (Å²) in [6.07, 6.45) is 1.48. The average molecular weight is 328 g/mol. The molecule has 0 radical (unpaired) electrons. The predicted molar refractivity (Wildman–Crippen MR) is 93.3 cm³/mol. The van der Waals surface area contributed by atoms with Crippen molar-refractivity contribution < 1.29 is 9.90 Å². The Balaban J connectivity index is 1.80. The molecule has 1 aromatic rings. The standard InChI is InChI=1S/C20H28N2O2/c1-19(2,3)13-6-7-14-12(8-13)9-15-16(11-23)21-17(24)10-20(4,5)22(21)18(14)15/h6-8,15-16,18,23H,9-11H2,1-5H3. The summed E-state index contributed by atoms with van der Waals surface area (Å²) in [5.74, 6) is 0.449. The molecule has 2 heterocycles. The number of carbonyl (C=O) groups is 1. The lowest BCUT2D eigenvalue weighted by molar-refractivity contribution is -0.142. The van der Waals surface area contributed by atoms with Gasteiger partial charge in [0.2, 0.25) is 5.91 Å². The number of hydrogen-bond donors (Lipinski definition) is 1. The minimum absolute atomic E-state index is 0.0413. The van der Waals surface area contributed by atoms with E-state index >= 15 is 0 Å². The number of hydrogen-bond acceptors (Lipinski definition) is 3. The topological polar surface area (TPSA) is 43.8 Å². The van der Waals surface area contributed by atoms with Crippen LogP contribution in [0, 0.1) is 5.92 Å². The van der Waals surface area contributed by atoms with Crippen molar-refractivity contribution in [2.45, 2.75) is 70.5 Å². The molecule has 1 amide bonds. The van der Waals surface area contributed by atoms with Gasteiger partial charge in [-0.15, -0.1) is 0 Å². The van der Waals surface area contributed by atoms with E-state index in [0.717, 1.165) is 6.42 Å². The monoisotopic (exact) mass is 328 g/mol. The molecular formula is C20H28N2O2. The number of aliphatic hydroxyl groups excluding tert-OH is 1. The van der Waals surface area contributed by atoms with E-state index in [4.69, 9.17) is 0 Å². The molecule has 4 rings (SSSR count). The van der Waals surface area contributed by atoms with Gasteiger partial charge in [-0.3, -0.25) is 9.80 Å². The van der Waals surface area contributed by atoms with Gasteiger partial charge in [0.05, 0.1) is 18.7 Å². The second-order valence-corrected chi connectivity index (χ2v) is 9.30. The highest BCUT2D eigenvalue weighted by molar-refractivity contribution is 5.80. The van der Waals surface area contributed by atoms with Crippen LogP contribution in [0.15, 0.2) is 18.2 Å². The van der Waals surface area contributed by atoms with Gasteiger partial charge in [0.25, 0.3) is 0 Å². The van der Waals surface area contributed by atoms with Gasteiger partial charge >= 0.3 is 0 Å². The number of fused-ring (bicyclic) bond motifs is 5. The zero-order chi connectivity index (χ0) is 17.4. The fraction of sp³-hybridized carbons (Fsp3) is 0.650. The van der Waals surface area contributed by atoms with Crippen molar-refractivity contribution in [1.29, 1.82) is 0 Å². The van der Waals surface area contributed by atoms with Crippen molar-refractivity contribution in [1.82, 2.24) is 10.0 Å². The first-order valence-corrected chi connectivity index (χ1v) is 9.00. The summed E-state index contributed by atoms with van der Waals surface area (Å²) in [6.45, 7) is 11.0. The second-order valence-electron chi connectivity index (χ2n) is 9.30. The molecule has 1 aromatic carbocycles. The molecule has 0 spiro atoms. The fourth-order valence-corrected chi connectivity index (χ4v) is 4.99. The summed E-state index contributed by atoms with van der Waals surface area (Å²) in [5.41, 5.74) is 4.05. The summed E-state index contributed by atoms with van der Waals surface area (Å²) in [7, 11) is 0.